The molecule has 0 atom stereocenters. The summed E-state index contributed by atoms with van der Waals surface area (Å²) in [4.78, 5) is 6.88. The molecule has 18 heavy (non-hydrogen) atoms. The van der Waals surface area contributed by atoms with Crippen molar-refractivity contribution in [3.8, 4) is 0 Å². The Hall–Kier alpha value is -1.35. The molecule has 2 heterocycles. The molecule has 0 aromatic carbocycles. The highest BCUT2D eigenvalue weighted by Gasteiger charge is 2.20. The van der Waals surface area contributed by atoms with Crippen molar-refractivity contribution in [3.63, 3.8) is 0 Å². The number of nitrogens with zero attached hydrogens (tertiary/aromatic N) is 2. The molecule has 3 heteroatoms. The third kappa shape index (κ3) is 2.91. The second kappa shape index (κ2) is 5.11. The Morgan fingerprint density at radius 3 is 3.11 bits per heavy atom. The molecule has 1 aromatic rings. The number of nitrogens with one attached hydrogen (secondary N) is 1. The zero-order chi connectivity index (χ0) is 12.4. The van der Waals surface area contributed by atoms with E-state index in [1.165, 1.54) is 24.0 Å². The average Bonchev–Trinajstić information content (AvgIpc) is 3.21. The highest BCUT2D eigenvalue weighted by Crippen LogP contribution is 2.21. The zero-order valence-electron chi connectivity index (χ0n) is 11.0. The highest BCUT2D eigenvalue weighted by molar-refractivity contribution is 5.43. The molecular formula is C15H21N3. The molecule has 1 aromatic heterocycles. The molecular weight excluding hydrogens is 222 g/mol. The van der Waals surface area contributed by atoms with Crippen LogP contribution in [0.25, 0.3) is 0 Å². The van der Waals surface area contributed by atoms with Gasteiger partial charge in [0.25, 0.3) is 0 Å². The van der Waals surface area contributed by atoms with Gasteiger partial charge in [0.1, 0.15) is 5.82 Å². The van der Waals surface area contributed by atoms with E-state index in [4.69, 9.17) is 0 Å². The predicted octanol–water partition coefficient (Wildman–Crippen LogP) is 2.49. The monoisotopic (exact) mass is 243 g/mol. The van der Waals surface area contributed by atoms with Crippen molar-refractivity contribution in [2.45, 2.75) is 38.8 Å². The van der Waals surface area contributed by atoms with Crippen LogP contribution < -0.4 is 10.2 Å². The smallest absolute Gasteiger partial charge is 0.129 e. The summed E-state index contributed by atoms with van der Waals surface area (Å²) in [5.41, 5.74) is 2.80. The Morgan fingerprint density at radius 1 is 1.44 bits per heavy atom. The van der Waals surface area contributed by atoms with Gasteiger partial charge < -0.3 is 10.2 Å². The average molecular weight is 243 g/mol. The fraction of sp³-hybridized carbons (Fsp3) is 0.533. The molecule has 1 N–H and O–H groups in total. The van der Waals surface area contributed by atoms with Crippen molar-refractivity contribution in [3.05, 3.63) is 35.5 Å². The molecule has 0 radical (unpaired) electrons. The van der Waals surface area contributed by atoms with Gasteiger partial charge in [0.2, 0.25) is 0 Å². The fourth-order valence-corrected chi connectivity index (χ4v) is 2.40. The van der Waals surface area contributed by atoms with Crippen molar-refractivity contribution < 1.29 is 0 Å². The van der Waals surface area contributed by atoms with Crippen LogP contribution in [0.15, 0.2) is 30.0 Å². The minimum absolute atomic E-state index is 0.766. The number of hydrogen-bond acceptors (Lipinski definition) is 3. The topological polar surface area (TPSA) is 28.2 Å². The second-order valence-corrected chi connectivity index (χ2v) is 5.44. The van der Waals surface area contributed by atoms with Gasteiger partial charge in [-0.2, -0.15) is 0 Å². The summed E-state index contributed by atoms with van der Waals surface area (Å²) in [6.45, 7) is 5.28. The van der Waals surface area contributed by atoms with E-state index in [0.717, 1.165) is 37.9 Å². The minimum Gasteiger partial charge on any atom is -0.352 e. The van der Waals surface area contributed by atoms with Crippen LogP contribution in [0, 0.1) is 0 Å². The van der Waals surface area contributed by atoms with Crippen LogP contribution in [-0.4, -0.2) is 24.1 Å². The summed E-state index contributed by atoms with van der Waals surface area (Å²) in [6, 6.07) is 5.11. The van der Waals surface area contributed by atoms with Crippen LogP contribution in [0.1, 0.15) is 31.7 Å². The van der Waals surface area contributed by atoms with E-state index in [1.807, 2.05) is 6.20 Å². The maximum atomic E-state index is 4.51. The van der Waals surface area contributed by atoms with E-state index >= 15 is 0 Å². The SMILES string of the molecule is CC1=CCCN(c2cc(CNC3CC3)ccn2)C1. The molecule has 3 rings (SSSR count). The first-order valence-electron chi connectivity index (χ1n) is 6.90. The lowest BCUT2D eigenvalue weighted by Gasteiger charge is -2.27. The van der Waals surface area contributed by atoms with Crippen molar-refractivity contribution in [2.75, 3.05) is 18.0 Å². The Bertz CT molecular complexity index is 449. The molecule has 1 saturated carbocycles. The first-order chi connectivity index (χ1) is 8.81. The maximum absolute atomic E-state index is 4.51. The molecule has 3 nitrogen and oxygen atoms in total. The van der Waals surface area contributed by atoms with Gasteiger partial charge >= 0.3 is 0 Å². The molecule has 1 aliphatic heterocycles. The molecule has 96 valence electrons. The number of rotatable bonds is 4. The summed E-state index contributed by atoms with van der Waals surface area (Å²) in [7, 11) is 0. The Balaban J connectivity index is 1.67. The third-order valence-corrected chi connectivity index (χ3v) is 3.64. The van der Waals surface area contributed by atoms with Crippen molar-refractivity contribution >= 4 is 5.82 Å². The molecule has 2 aliphatic rings. The zero-order valence-corrected chi connectivity index (χ0v) is 11.0. The van der Waals surface area contributed by atoms with Gasteiger partial charge in [0.15, 0.2) is 0 Å². The van der Waals surface area contributed by atoms with E-state index < -0.39 is 0 Å². The first kappa shape index (κ1) is 11.7. The number of aromatic nitrogens is 1. The van der Waals surface area contributed by atoms with Gasteiger partial charge in [0, 0.05) is 31.9 Å². The summed E-state index contributed by atoms with van der Waals surface area (Å²) < 4.78 is 0. The van der Waals surface area contributed by atoms with Gasteiger partial charge in [-0.3, -0.25) is 0 Å². The van der Waals surface area contributed by atoms with Crippen LogP contribution in [-0.2, 0) is 6.54 Å². The van der Waals surface area contributed by atoms with Crippen molar-refractivity contribution in [1.29, 1.82) is 0 Å². The molecule has 0 unspecified atom stereocenters. The number of pyridine rings is 1. The number of anilines is 1. The molecule has 0 spiro atoms. The van der Waals surface area contributed by atoms with Crippen LogP contribution >= 0.6 is 0 Å². The fourth-order valence-electron chi connectivity index (χ4n) is 2.40. The standard InChI is InChI=1S/C15H21N3/c1-12-3-2-8-18(11-12)15-9-13(6-7-16-15)10-17-14-4-5-14/h3,6-7,9,14,17H,2,4-5,8,10-11H2,1H3. The predicted molar refractivity (Wildman–Crippen MR) is 74.7 cm³/mol. The molecule has 0 bridgehead atoms. The van der Waals surface area contributed by atoms with Crippen LogP contribution in [0.5, 0.6) is 0 Å². The Labute approximate surface area is 109 Å². The molecule has 0 saturated heterocycles. The Kier molecular flexibility index (Phi) is 3.33. The van der Waals surface area contributed by atoms with Crippen LogP contribution in [0.2, 0.25) is 0 Å². The molecule has 1 fully saturated rings. The van der Waals surface area contributed by atoms with Crippen molar-refractivity contribution in [2.24, 2.45) is 0 Å². The lowest BCUT2D eigenvalue weighted by atomic mass is 10.1. The summed E-state index contributed by atoms with van der Waals surface area (Å²) in [5.74, 6) is 1.12. The summed E-state index contributed by atoms with van der Waals surface area (Å²) >= 11 is 0. The maximum Gasteiger partial charge on any atom is 0.129 e. The van der Waals surface area contributed by atoms with Gasteiger partial charge in [-0.05, 0) is 43.9 Å². The van der Waals surface area contributed by atoms with E-state index in [0.29, 0.717) is 0 Å². The largest absolute Gasteiger partial charge is 0.352 e. The van der Waals surface area contributed by atoms with E-state index in [9.17, 15) is 0 Å². The normalized spacial score (nSPS) is 19.8. The second-order valence-electron chi connectivity index (χ2n) is 5.44. The Morgan fingerprint density at radius 2 is 2.33 bits per heavy atom. The highest BCUT2D eigenvalue weighted by atomic mass is 15.2. The number of hydrogen-bond donors (Lipinski definition) is 1. The van der Waals surface area contributed by atoms with E-state index in [1.54, 1.807) is 0 Å². The molecule has 1 aliphatic carbocycles. The third-order valence-electron chi connectivity index (χ3n) is 3.64. The van der Waals surface area contributed by atoms with Crippen molar-refractivity contribution in [1.82, 2.24) is 10.3 Å². The van der Waals surface area contributed by atoms with Gasteiger partial charge in [0.05, 0.1) is 0 Å². The quantitative estimate of drug-likeness (QED) is 0.824. The van der Waals surface area contributed by atoms with E-state index in [-0.39, 0.29) is 0 Å². The lowest BCUT2D eigenvalue weighted by molar-refractivity contribution is 0.686. The van der Waals surface area contributed by atoms with E-state index in [2.05, 4.69) is 40.3 Å². The molecule has 0 amide bonds. The lowest BCUT2D eigenvalue weighted by Crippen LogP contribution is -2.30. The summed E-state index contributed by atoms with van der Waals surface area (Å²) in [6.07, 6.45) is 8.09. The van der Waals surface area contributed by atoms with Gasteiger partial charge in [-0.25, -0.2) is 4.98 Å². The minimum atomic E-state index is 0.766. The van der Waals surface area contributed by atoms with Crippen LogP contribution in [0.4, 0.5) is 5.82 Å². The van der Waals surface area contributed by atoms with Crippen LogP contribution in [0.3, 0.4) is 0 Å². The van der Waals surface area contributed by atoms with Gasteiger partial charge in [-0.1, -0.05) is 11.6 Å². The summed E-state index contributed by atoms with van der Waals surface area (Å²) in [5, 5.41) is 3.55. The first-order valence-corrected chi connectivity index (χ1v) is 6.90. The van der Waals surface area contributed by atoms with Gasteiger partial charge in [-0.15, -0.1) is 0 Å².